The van der Waals surface area contributed by atoms with Crippen LogP contribution in [0.5, 0.6) is 0 Å². The van der Waals surface area contributed by atoms with E-state index < -0.39 is 0 Å². The summed E-state index contributed by atoms with van der Waals surface area (Å²) in [5.41, 5.74) is 3.19. The second-order valence-electron chi connectivity index (χ2n) is 3.49. The van der Waals surface area contributed by atoms with Gasteiger partial charge in [-0.05, 0) is 30.7 Å². The second kappa shape index (κ2) is 4.15. The van der Waals surface area contributed by atoms with E-state index in [2.05, 4.69) is 13.0 Å². The molecular weight excluding hydrogens is 184 g/mol. The van der Waals surface area contributed by atoms with E-state index in [4.69, 9.17) is 5.84 Å². The highest BCUT2D eigenvalue weighted by atomic mass is 15.4. The molecule has 0 amide bonds. The van der Waals surface area contributed by atoms with Crippen LogP contribution in [-0.2, 0) is 0 Å². The zero-order valence-electron chi connectivity index (χ0n) is 8.72. The SMILES string of the molecule is Cc1ccccc1N(N)c1ccccc1. The van der Waals surface area contributed by atoms with Crippen molar-refractivity contribution in [1.29, 1.82) is 0 Å². The van der Waals surface area contributed by atoms with Gasteiger partial charge in [0, 0.05) is 0 Å². The molecule has 0 spiro atoms. The van der Waals surface area contributed by atoms with Crippen LogP contribution in [-0.4, -0.2) is 0 Å². The minimum atomic E-state index is 0.992. The molecule has 0 aliphatic rings. The third kappa shape index (κ3) is 2.00. The Hall–Kier alpha value is -1.80. The van der Waals surface area contributed by atoms with Crippen molar-refractivity contribution < 1.29 is 0 Å². The summed E-state index contributed by atoms with van der Waals surface area (Å²) in [5, 5.41) is 1.70. The molecule has 0 unspecified atom stereocenters. The Balaban J connectivity index is 2.37. The summed E-state index contributed by atoms with van der Waals surface area (Å²) in [7, 11) is 0. The van der Waals surface area contributed by atoms with Crippen molar-refractivity contribution in [3.8, 4) is 0 Å². The maximum atomic E-state index is 6.05. The van der Waals surface area contributed by atoms with Crippen LogP contribution in [0.15, 0.2) is 54.6 Å². The van der Waals surface area contributed by atoms with E-state index in [-0.39, 0.29) is 0 Å². The lowest BCUT2D eigenvalue weighted by Gasteiger charge is -2.20. The predicted octanol–water partition coefficient (Wildman–Crippen LogP) is 3.01. The Labute approximate surface area is 89.9 Å². The molecule has 0 radical (unpaired) electrons. The van der Waals surface area contributed by atoms with Gasteiger partial charge in [0.05, 0.1) is 11.4 Å². The van der Waals surface area contributed by atoms with Gasteiger partial charge in [0.15, 0.2) is 0 Å². The number of para-hydroxylation sites is 2. The Bertz CT molecular complexity index is 437. The Kier molecular flexibility index (Phi) is 2.70. The Morgan fingerprint density at radius 1 is 0.867 bits per heavy atom. The smallest absolute Gasteiger partial charge is 0.0604 e. The van der Waals surface area contributed by atoms with Crippen LogP contribution < -0.4 is 10.9 Å². The molecule has 0 saturated heterocycles. The fourth-order valence-corrected chi connectivity index (χ4v) is 1.56. The van der Waals surface area contributed by atoms with Crippen molar-refractivity contribution in [3.05, 3.63) is 60.2 Å². The molecule has 0 aliphatic carbocycles. The van der Waals surface area contributed by atoms with Crippen LogP contribution in [0.25, 0.3) is 0 Å². The van der Waals surface area contributed by atoms with E-state index in [1.807, 2.05) is 48.5 Å². The topological polar surface area (TPSA) is 29.3 Å². The summed E-state index contributed by atoms with van der Waals surface area (Å²) in [6.07, 6.45) is 0. The van der Waals surface area contributed by atoms with Gasteiger partial charge < -0.3 is 0 Å². The zero-order chi connectivity index (χ0) is 10.7. The number of rotatable bonds is 2. The summed E-state index contributed by atoms with van der Waals surface area (Å²) >= 11 is 0. The van der Waals surface area contributed by atoms with E-state index in [1.54, 1.807) is 5.01 Å². The number of nitrogens with zero attached hydrogens (tertiary/aromatic N) is 1. The first-order valence-corrected chi connectivity index (χ1v) is 4.94. The average molecular weight is 198 g/mol. The van der Waals surface area contributed by atoms with Crippen molar-refractivity contribution >= 4 is 11.4 Å². The summed E-state index contributed by atoms with van der Waals surface area (Å²) in [6.45, 7) is 2.05. The lowest BCUT2D eigenvalue weighted by Crippen LogP contribution is -2.25. The van der Waals surface area contributed by atoms with Crippen LogP contribution in [0.2, 0.25) is 0 Å². The average Bonchev–Trinajstić information content (AvgIpc) is 2.30. The maximum Gasteiger partial charge on any atom is 0.0604 e. The van der Waals surface area contributed by atoms with E-state index in [9.17, 15) is 0 Å². The molecule has 2 aromatic carbocycles. The van der Waals surface area contributed by atoms with Crippen molar-refractivity contribution in [1.82, 2.24) is 0 Å². The summed E-state index contributed by atoms with van der Waals surface area (Å²) in [4.78, 5) is 0. The summed E-state index contributed by atoms with van der Waals surface area (Å²) in [6, 6.07) is 18.0. The monoisotopic (exact) mass is 198 g/mol. The first-order valence-electron chi connectivity index (χ1n) is 4.94. The van der Waals surface area contributed by atoms with Crippen molar-refractivity contribution in [3.63, 3.8) is 0 Å². The van der Waals surface area contributed by atoms with Gasteiger partial charge in [0.25, 0.3) is 0 Å². The number of hydrogen-bond donors (Lipinski definition) is 1. The lowest BCUT2D eigenvalue weighted by atomic mass is 10.2. The Morgan fingerprint density at radius 2 is 1.47 bits per heavy atom. The molecule has 76 valence electrons. The number of nitrogens with two attached hydrogens (primary N) is 1. The molecular formula is C13H14N2. The van der Waals surface area contributed by atoms with E-state index in [0.717, 1.165) is 11.4 Å². The quantitative estimate of drug-likeness (QED) is 0.593. The minimum Gasteiger partial charge on any atom is -0.279 e. The largest absolute Gasteiger partial charge is 0.279 e. The molecule has 0 fully saturated rings. The highest BCUT2D eigenvalue weighted by Gasteiger charge is 2.05. The van der Waals surface area contributed by atoms with Gasteiger partial charge in [-0.2, -0.15) is 0 Å². The number of anilines is 2. The molecule has 2 nitrogen and oxygen atoms in total. The van der Waals surface area contributed by atoms with E-state index >= 15 is 0 Å². The van der Waals surface area contributed by atoms with E-state index in [1.165, 1.54) is 5.56 Å². The minimum absolute atomic E-state index is 0.992. The van der Waals surface area contributed by atoms with Gasteiger partial charge in [0.2, 0.25) is 0 Å². The number of hydrogen-bond acceptors (Lipinski definition) is 2. The second-order valence-corrected chi connectivity index (χ2v) is 3.49. The lowest BCUT2D eigenvalue weighted by molar-refractivity contribution is 1.07. The van der Waals surface area contributed by atoms with Crippen LogP contribution in [0.4, 0.5) is 11.4 Å². The Morgan fingerprint density at radius 3 is 2.13 bits per heavy atom. The van der Waals surface area contributed by atoms with Gasteiger partial charge in [0.1, 0.15) is 0 Å². The zero-order valence-corrected chi connectivity index (χ0v) is 8.72. The van der Waals surface area contributed by atoms with Gasteiger partial charge in [-0.15, -0.1) is 0 Å². The molecule has 0 atom stereocenters. The molecule has 2 rings (SSSR count). The fraction of sp³-hybridized carbons (Fsp3) is 0.0769. The molecule has 2 heteroatoms. The standard InChI is InChI=1S/C13H14N2/c1-11-7-5-6-10-13(11)15(14)12-8-3-2-4-9-12/h2-10H,14H2,1H3. The van der Waals surface area contributed by atoms with Crippen molar-refractivity contribution in [2.75, 3.05) is 5.01 Å². The summed E-state index contributed by atoms with van der Waals surface area (Å²) in [5.74, 6) is 6.05. The van der Waals surface area contributed by atoms with Crippen LogP contribution >= 0.6 is 0 Å². The van der Waals surface area contributed by atoms with Crippen LogP contribution in [0.1, 0.15) is 5.56 Å². The molecule has 15 heavy (non-hydrogen) atoms. The first kappa shape index (κ1) is 9.74. The molecule has 0 bridgehead atoms. The first-order chi connectivity index (χ1) is 7.29. The molecule has 0 saturated carbocycles. The van der Waals surface area contributed by atoms with Gasteiger partial charge in [-0.1, -0.05) is 36.4 Å². The van der Waals surface area contributed by atoms with Crippen molar-refractivity contribution in [2.45, 2.75) is 6.92 Å². The normalized spacial score (nSPS) is 10.0. The van der Waals surface area contributed by atoms with E-state index in [0.29, 0.717) is 0 Å². The predicted molar refractivity (Wildman–Crippen MR) is 63.9 cm³/mol. The highest BCUT2D eigenvalue weighted by molar-refractivity contribution is 5.64. The van der Waals surface area contributed by atoms with Crippen LogP contribution in [0, 0.1) is 6.92 Å². The molecule has 2 N–H and O–H groups in total. The number of benzene rings is 2. The third-order valence-electron chi connectivity index (χ3n) is 2.41. The van der Waals surface area contributed by atoms with Crippen LogP contribution in [0.3, 0.4) is 0 Å². The molecule has 0 aliphatic heterocycles. The molecule has 2 aromatic rings. The molecule has 0 aromatic heterocycles. The number of hydrazine groups is 1. The molecule has 0 heterocycles. The fourth-order valence-electron chi connectivity index (χ4n) is 1.56. The third-order valence-corrected chi connectivity index (χ3v) is 2.41. The van der Waals surface area contributed by atoms with Gasteiger partial charge >= 0.3 is 0 Å². The maximum absolute atomic E-state index is 6.05. The summed E-state index contributed by atoms with van der Waals surface area (Å²) < 4.78 is 0. The highest BCUT2D eigenvalue weighted by Crippen LogP contribution is 2.24. The number of aryl methyl sites for hydroxylation is 1. The van der Waals surface area contributed by atoms with Gasteiger partial charge in [-0.3, -0.25) is 5.01 Å². The van der Waals surface area contributed by atoms with Gasteiger partial charge in [-0.25, -0.2) is 5.84 Å². The van der Waals surface area contributed by atoms with Crippen molar-refractivity contribution in [2.24, 2.45) is 5.84 Å².